The van der Waals surface area contributed by atoms with E-state index < -0.39 is 10.8 Å². The first-order chi connectivity index (χ1) is 11.1. The number of aryl methyl sites for hydroxylation is 1. The first kappa shape index (κ1) is 15.5. The van der Waals surface area contributed by atoms with Gasteiger partial charge in [-0.25, -0.2) is 0 Å². The number of carbonyl (C=O) groups excluding carboxylic acids is 1. The highest BCUT2D eigenvalue weighted by molar-refractivity contribution is 6.31. The Morgan fingerprint density at radius 3 is 2.74 bits per heavy atom. The van der Waals surface area contributed by atoms with E-state index in [0.29, 0.717) is 0 Å². The molecule has 1 N–H and O–H groups in total. The van der Waals surface area contributed by atoms with E-state index in [9.17, 15) is 14.9 Å². The quantitative estimate of drug-likeness (QED) is 0.670. The second-order valence-electron chi connectivity index (χ2n) is 5.52. The van der Waals surface area contributed by atoms with Crippen LogP contribution in [-0.2, 0) is 12.8 Å². The van der Waals surface area contributed by atoms with E-state index in [1.54, 1.807) is 0 Å². The second-order valence-corrected chi connectivity index (χ2v) is 5.96. The van der Waals surface area contributed by atoms with Gasteiger partial charge >= 0.3 is 0 Å². The summed E-state index contributed by atoms with van der Waals surface area (Å²) in [6.07, 6.45) is 4.14. The maximum absolute atomic E-state index is 12.5. The van der Waals surface area contributed by atoms with Crippen molar-refractivity contribution in [3.05, 3.63) is 68.2 Å². The molecule has 0 spiro atoms. The molecule has 0 saturated heterocycles. The Kier molecular flexibility index (Phi) is 4.30. The van der Waals surface area contributed by atoms with Gasteiger partial charge in [-0.3, -0.25) is 14.9 Å². The van der Waals surface area contributed by atoms with Crippen molar-refractivity contribution in [2.24, 2.45) is 0 Å². The van der Waals surface area contributed by atoms with Crippen molar-refractivity contribution in [1.82, 2.24) is 0 Å². The summed E-state index contributed by atoms with van der Waals surface area (Å²) >= 11 is 5.78. The average molecular weight is 331 g/mol. The van der Waals surface area contributed by atoms with Crippen LogP contribution < -0.4 is 5.32 Å². The zero-order valence-electron chi connectivity index (χ0n) is 12.3. The fourth-order valence-electron chi connectivity index (χ4n) is 2.94. The van der Waals surface area contributed by atoms with Crippen LogP contribution in [0.5, 0.6) is 0 Å². The molecule has 6 heteroatoms. The maximum Gasteiger partial charge on any atom is 0.283 e. The molecule has 3 rings (SSSR count). The van der Waals surface area contributed by atoms with E-state index in [0.717, 1.165) is 36.9 Å². The van der Waals surface area contributed by atoms with Crippen LogP contribution in [0, 0.1) is 10.1 Å². The summed E-state index contributed by atoms with van der Waals surface area (Å²) in [6, 6.07) is 9.85. The topological polar surface area (TPSA) is 72.2 Å². The van der Waals surface area contributed by atoms with Crippen molar-refractivity contribution in [2.75, 3.05) is 5.32 Å². The number of nitro groups is 1. The van der Waals surface area contributed by atoms with Crippen LogP contribution in [0.15, 0.2) is 36.4 Å². The highest BCUT2D eigenvalue weighted by atomic mass is 35.5. The van der Waals surface area contributed by atoms with E-state index in [-0.39, 0.29) is 16.3 Å². The van der Waals surface area contributed by atoms with E-state index in [1.165, 1.54) is 23.8 Å². The van der Waals surface area contributed by atoms with Gasteiger partial charge in [0.15, 0.2) is 0 Å². The van der Waals surface area contributed by atoms with Crippen LogP contribution in [0.3, 0.4) is 0 Å². The van der Waals surface area contributed by atoms with E-state index in [2.05, 4.69) is 11.4 Å². The molecule has 23 heavy (non-hydrogen) atoms. The van der Waals surface area contributed by atoms with E-state index in [1.807, 2.05) is 12.1 Å². The number of halogens is 1. The van der Waals surface area contributed by atoms with Crippen molar-refractivity contribution in [3.8, 4) is 0 Å². The van der Waals surface area contributed by atoms with Gasteiger partial charge in [-0.2, -0.15) is 0 Å². The van der Waals surface area contributed by atoms with Gasteiger partial charge in [0.05, 0.1) is 4.92 Å². The minimum Gasteiger partial charge on any atom is -0.322 e. The summed E-state index contributed by atoms with van der Waals surface area (Å²) in [5, 5.41) is 14.2. The summed E-state index contributed by atoms with van der Waals surface area (Å²) in [7, 11) is 0. The number of nitrogens with one attached hydrogen (secondary N) is 1. The molecule has 0 bridgehead atoms. The highest BCUT2D eigenvalue weighted by Gasteiger charge is 2.22. The number of carbonyl (C=O) groups is 1. The van der Waals surface area contributed by atoms with Crippen LogP contribution in [0.2, 0.25) is 5.02 Å². The average Bonchev–Trinajstić information content (AvgIpc) is 2.55. The Bertz CT molecular complexity index is 789. The van der Waals surface area contributed by atoms with Gasteiger partial charge < -0.3 is 5.32 Å². The lowest BCUT2D eigenvalue weighted by molar-refractivity contribution is -0.385. The van der Waals surface area contributed by atoms with Crippen LogP contribution >= 0.6 is 11.6 Å². The number of nitro benzene ring substituents is 1. The SMILES string of the molecule is O=C(Nc1cccc2c1CCCC2)c1ccc(Cl)cc1[N+](=O)[O-]. The molecule has 0 radical (unpaired) electrons. The fourth-order valence-corrected chi connectivity index (χ4v) is 3.10. The summed E-state index contributed by atoms with van der Waals surface area (Å²) in [4.78, 5) is 23.0. The van der Waals surface area contributed by atoms with Crippen LogP contribution in [0.4, 0.5) is 11.4 Å². The van der Waals surface area contributed by atoms with Crippen LogP contribution in [0.25, 0.3) is 0 Å². The Hall–Kier alpha value is -2.40. The van der Waals surface area contributed by atoms with Gasteiger partial charge in [0.2, 0.25) is 0 Å². The number of amides is 1. The third-order valence-electron chi connectivity index (χ3n) is 4.05. The number of anilines is 1. The third kappa shape index (κ3) is 3.19. The summed E-state index contributed by atoms with van der Waals surface area (Å²) < 4.78 is 0. The zero-order chi connectivity index (χ0) is 16.4. The minimum absolute atomic E-state index is 0.00723. The molecule has 0 saturated carbocycles. The molecule has 0 heterocycles. The smallest absolute Gasteiger partial charge is 0.283 e. The van der Waals surface area contributed by atoms with Gasteiger partial charge in [-0.15, -0.1) is 0 Å². The number of hydrogen-bond donors (Lipinski definition) is 1. The van der Waals surface area contributed by atoms with Gasteiger partial charge in [-0.05, 0) is 55.0 Å². The van der Waals surface area contributed by atoms with Crippen LogP contribution in [0.1, 0.15) is 34.3 Å². The summed E-state index contributed by atoms with van der Waals surface area (Å²) in [5.74, 6) is -0.493. The molecule has 5 nitrogen and oxygen atoms in total. The molecule has 1 aliphatic carbocycles. The molecule has 0 fully saturated rings. The first-order valence-corrected chi connectivity index (χ1v) is 7.80. The standard InChI is InChI=1S/C17H15ClN2O3/c18-12-8-9-14(16(10-12)20(22)23)17(21)19-15-7-3-5-11-4-1-2-6-13(11)15/h3,5,7-10H,1-2,4,6H2,(H,19,21). The van der Waals surface area contributed by atoms with Crippen molar-refractivity contribution in [2.45, 2.75) is 25.7 Å². The van der Waals surface area contributed by atoms with Gasteiger partial charge in [-0.1, -0.05) is 23.7 Å². The summed E-state index contributed by atoms with van der Waals surface area (Å²) in [5.41, 5.74) is 2.81. The largest absolute Gasteiger partial charge is 0.322 e. The number of fused-ring (bicyclic) bond motifs is 1. The molecule has 0 unspecified atom stereocenters. The Balaban J connectivity index is 1.93. The molecule has 2 aromatic rings. The maximum atomic E-state index is 12.5. The highest BCUT2D eigenvalue weighted by Crippen LogP contribution is 2.29. The van der Waals surface area contributed by atoms with Gasteiger partial charge in [0.1, 0.15) is 5.56 Å². The molecule has 118 valence electrons. The molecule has 0 aromatic heterocycles. The number of benzene rings is 2. The molecular weight excluding hydrogens is 316 g/mol. The second kappa shape index (κ2) is 6.38. The lowest BCUT2D eigenvalue weighted by Gasteiger charge is -2.19. The lowest BCUT2D eigenvalue weighted by atomic mass is 9.90. The predicted molar refractivity (Wildman–Crippen MR) is 89.1 cm³/mol. The van der Waals surface area contributed by atoms with Crippen molar-refractivity contribution in [1.29, 1.82) is 0 Å². The summed E-state index contributed by atoms with van der Waals surface area (Å²) in [6.45, 7) is 0. The van der Waals surface area contributed by atoms with Crippen molar-refractivity contribution in [3.63, 3.8) is 0 Å². The molecule has 1 aliphatic rings. The Morgan fingerprint density at radius 2 is 1.96 bits per heavy atom. The zero-order valence-corrected chi connectivity index (χ0v) is 13.1. The van der Waals surface area contributed by atoms with Crippen LogP contribution in [-0.4, -0.2) is 10.8 Å². The molecule has 0 atom stereocenters. The molecule has 0 aliphatic heterocycles. The van der Waals surface area contributed by atoms with Gasteiger partial charge in [0, 0.05) is 16.8 Å². The molecule has 1 amide bonds. The Morgan fingerprint density at radius 1 is 1.17 bits per heavy atom. The number of nitrogens with zero attached hydrogens (tertiary/aromatic N) is 1. The minimum atomic E-state index is -0.596. The normalized spacial score (nSPS) is 13.3. The van der Waals surface area contributed by atoms with Gasteiger partial charge in [0.25, 0.3) is 11.6 Å². The monoisotopic (exact) mass is 330 g/mol. The third-order valence-corrected chi connectivity index (χ3v) is 4.28. The number of hydrogen-bond acceptors (Lipinski definition) is 3. The number of rotatable bonds is 3. The van der Waals surface area contributed by atoms with Crippen molar-refractivity contribution >= 4 is 28.9 Å². The predicted octanol–water partition coefficient (Wildman–Crippen LogP) is 4.38. The van der Waals surface area contributed by atoms with E-state index in [4.69, 9.17) is 11.6 Å². The fraction of sp³-hybridized carbons (Fsp3) is 0.235. The molecule has 2 aromatic carbocycles. The van der Waals surface area contributed by atoms with Crippen molar-refractivity contribution < 1.29 is 9.72 Å². The molecular formula is C17H15ClN2O3. The Labute approximate surface area is 138 Å². The lowest BCUT2D eigenvalue weighted by Crippen LogP contribution is -2.16. The first-order valence-electron chi connectivity index (χ1n) is 7.42. The van der Waals surface area contributed by atoms with E-state index >= 15 is 0 Å².